The predicted molar refractivity (Wildman–Crippen MR) is 102 cm³/mol. The Morgan fingerprint density at radius 1 is 1.04 bits per heavy atom. The van der Waals surface area contributed by atoms with Gasteiger partial charge in [0.2, 0.25) is 0 Å². The Kier molecular flexibility index (Phi) is 5.96. The summed E-state index contributed by atoms with van der Waals surface area (Å²) in [5.74, 6) is 0.828. The molecule has 0 spiro atoms. The minimum atomic E-state index is 0.241. The van der Waals surface area contributed by atoms with Gasteiger partial charge in [0.15, 0.2) is 0 Å². The second kappa shape index (κ2) is 7.99. The molecule has 0 saturated carbocycles. The van der Waals surface area contributed by atoms with Crippen molar-refractivity contribution in [3.63, 3.8) is 0 Å². The van der Waals surface area contributed by atoms with Gasteiger partial charge in [0.05, 0.1) is 0 Å². The second-order valence-corrected chi connectivity index (χ2v) is 8.80. The fourth-order valence-corrected chi connectivity index (χ4v) is 4.13. The summed E-state index contributed by atoms with van der Waals surface area (Å²) in [5, 5.41) is 3.69. The van der Waals surface area contributed by atoms with E-state index in [1.807, 2.05) is 0 Å². The Morgan fingerprint density at radius 3 is 2.58 bits per heavy atom. The third-order valence-corrected chi connectivity index (χ3v) is 5.48. The highest BCUT2D eigenvalue weighted by Crippen LogP contribution is 2.24. The van der Waals surface area contributed by atoms with Gasteiger partial charge < -0.3 is 5.32 Å². The van der Waals surface area contributed by atoms with Crippen molar-refractivity contribution < 1.29 is 0 Å². The van der Waals surface area contributed by atoms with Gasteiger partial charge in [0.25, 0.3) is 0 Å². The maximum atomic E-state index is 3.69. The lowest BCUT2D eigenvalue weighted by molar-refractivity contribution is 0.107. The molecule has 2 aliphatic rings. The van der Waals surface area contributed by atoms with Crippen LogP contribution in [0.1, 0.15) is 45.6 Å². The van der Waals surface area contributed by atoms with E-state index in [0.29, 0.717) is 0 Å². The number of likely N-dealkylation sites (tertiary alicyclic amines) is 2. The molecule has 2 saturated heterocycles. The standard InChI is InChI=1S/C21H35N3/c1-21(2,3)22-14-19-11-13-24(16-19)20-10-7-12-23(17-20)15-18-8-5-4-6-9-18/h4-6,8-9,19-20,22H,7,10-17H2,1-3H3. The van der Waals surface area contributed by atoms with Gasteiger partial charge >= 0.3 is 0 Å². The van der Waals surface area contributed by atoms with Crippen LogP contribution in [0.15, 0.2) is 30.3 Å². The smallest absolute Gasteiger partial charge is 0.0234 e. The SMILES string of the molecule is CC(C)(C)NCC1CCN(C2CCCN(Cc3ccccc3)C2)C1. The number of nitrogens with one attached hydrogen (secondary N) is 1. The molecule has 0 aliphatic carbocycles. The van der Waals surface area contributed by atoms with E-state index >= 15 is 0 Å². The first-order valence-corrected chi connectivity index (χ1v) is 9.75. The van der Waals surface area contributed by atoms with Gasteiger partial charge in [0.1, 0.15) is 0 Å². The van der Waals surface area contributed by atoms with Crippen LogP contribution in [-0.2, 0) is 6.54 Å². The van der Waals surface area contributed by atoms with E-state index in [1.54, 1.807) is 0 Å². The number of hydrogen-bond donors (Lipinski definition) is 1. The Bertz CT molecular complexity index is 494. The quantitative estimate of drug-likeness (QED) is 0.893. The van der Waals surface area contributed by atoms with Gasteiger partial charge in [-0.15, -0.1) is 0 Å². The summed E-state index contributed by atoms with van der Waals surface area (Å²) < 4.78 is 0. The molecule has 1 aromatic rings. The number of nitrogens with zero attached hydrogens (tertiary/aromatic N) is 2. The summed E-state index contributed by atoms with van der Waals surface area (Å²) in [6, 6.07) is 11.7. The lowest BCUT2D eigenvalue weighted by Gasteiger charge is -2.38. The van der Waals surface area contributed by atoms with Crippen LogP contribution >= 0.6 is 0 Å². The molecule has 1 N–H and O–H groups in total. The van der Waals surface area contributed by atoms with Crippen molar-refractivity contribution in [2.75, 3.05) is 32.7 Å². The van der Waals surface area contributed by atoms with Gasteiger partial charge in [0, 0.05) is 31.2 Å². The molecular weight excluding hydrogens is 294 g/mol. The summed E-state index contributed by atoms with van der Waals surface area (Å²) in [6.45, 7) is 14.2. The maximum Gasteiger partial charge on any atom is 0.0234 e. The Balaban J connectivity index is 1.47. The van der Waals surface area contributed by atoms with Crippen molar-refractivity contribution in [3.05, 3.63) is 35.9 Å². The predicted octanol–water partition coefficient (Wildman–Crippen LogP) is 3.36. The average molecular weight is 330 g/mol. The zero-order valence-electron chi connectivity index (χ0n) is 15.8. The average Bonchev–Trinajstić information content (AvgIpc) is 3.03. The minimum Gasteiger partial charge on any atom is -0.312 e. The van der Waals surface area contributed by atoms with Crippen molar-refractivity contribution in [3.8, 4) is 0 Å². The van der Waals surface area contributed by atoms with Gasteiger partial charge in [-0.2, -0.15) is 0 Å². The van der Waals surface area contributed by atoms with Gasteiger partial charge in [-0.25, -0.2) is 0 Å². The molecule has 24 heavy (non-hydrogen) atoms. The first-order valence-electron chi connectivity index (χ1n) is 9.75. The molecule has 2 unspecified atom stereocenters. The van der Waals surface area contributed by atoms with Crippen LogP contribution in [-0.4, -0.2) is 54.1 Å². The van der Waals surface area contributed by atoms with Crippen LogP contribution in [0.4, 0.5) is 0 Å². The number of hydrogen-bond acceptors (Lipinski definition) is 3. The molecule has 0 aromatic heterocycles. The fraction of sp³-hybridized carbons (Fsp3) is 0.714. The van der Waals surface area contributed by atoms with E-state index in [9.17, 15) is 0 Å². The highest BCUT2D eigenvalue weighted by atomic mass is 15.2. The molecule has 0 radical (unpaired) electrons. The van der Waals surface area contributed by atoms with Crippen LogP contribution in [0, 0.1) is 5.92 Å². The van der Waals surface area contributed by atoms with E-state index in [-0.39, 0.29) is 5.54 Å². The van der Waals surface area contributed by atoms with E-state index < -0.39 is 0 Å². The lowest BCUT2D eigenvalue weighted by Crippen LogP contribution is -2.47. The highest BCUT2D eigenvalue weighted by molar-refractivity contribution is 5.14. The first kappa shape index (κ1) is 17.9. The molecule has 1 aromatic carbocycles. The van der Waals surface area contributed by atoms with Crippen LogP contribution in [0.3, 0.4) is 0 Å². The number of benzene rings is 1. The Morgan fingerprint density at radius 2 is 1.83 bits per heavy atom. The van der Waals surface area contributed by atoms with E-state index in [0.717, 1.165) is 18.5 Å². The molecule has 0 amide bonds. The third-order valence-electron chi connectivity index (χ3n) is 5.48. The highest BCUT2D eigenvalue weighted by Gasteiger charge is 2.31. The molecule has 3 heteroatoms. The molecule has 134 valence electrons. The van der Waals surface area contributed by atoms with E-state index in [4.69, 9.17) is 0 Å². The first-order chi connectivity index (χ1) is 11.5. The molecule has 2 fully saturated rings. The molecular formula is C21H35N3. The molecule has 3 rings (SSSR count). The van der Waals surface area contributed by atoms with Crippen molar-refractivity contribution in [1.29, 1.82) is 0 Å². The Hall–Kier alpha value is -0.900. The largest absolute Gasteiger partial charge is 0.312 e. The van der Waals surface area contributed by atoms with Gasteiger partial charge in [-0.1, -0.05) is 30.3 Å². The van der Waals surface area contributed by atoms with Crippen LogP contribution in [0.5, 0.6) is 0 Å². The van der Waals surface area contributed by atoms with Crippen molar-refractivity contribution in [1.82, 2.24) is 15.1 Å². The topological polar surface area (TPSA) is 18.5 Å². The second-order valence-electron chi connectivity index (χ2n) is 8.80. The van der Waals surface area contributed by atoms with Crippen molar-refractivity contribution >= 4 is 0 Å². The third kappa shape index (κ3) is 5.30. The van der Waals surface area contributed by atoms with Gasteiger partial charge in [-0.3, -0.25) is 9.80 Å². The van der Waals surface area contributed by atoms with E-state index in [2.05, 4.69) is 66.2 Å². The molecule has 3 nitrogen and oxygen atoms in total. The van der Waals surface area contributed by atoms with Gasteiger partial charge in [-0.05, 0) is 71.1 Å². The van der Waals surface area contributed by atoms with Crippen molar-refractivity contribution in [2.45, 2.75) is 58.2 Å². The maximum absolute atomic E-state index is 3.69. The van der Waals surface area contributed by atoms with Crippen molar-refractivity contribution in [2.24, 2.45) is 5.92 Å². The van der Waals surface area contributed by atoms with Crippen LogP contribution in [0.25, 0.3) is 0 Å². The van der Waals surface area contributed by atoms with Crippen LogP contribution < -0.4 is 5.32 Å². The normalized spacial score (nSPS) is 26.8. The Labute approximate surface area is 148 Å². The summed E-state index contributed by atoms with van der Waals surface area (Å²) in [4.78, 5) is 5.43. The molecule has 2 aliphatic heterocycles. The lowest BCUT2D eigenvalue weighted by atomic mass is 10.0. The molecule has 2 atom stereocenters. The zero-order valence-corrected chi connectivity index (χ0v) is 15.8. The van der Waals surface area contributed by atoms with E-state index in [1.165, 1.54) is 57.5 Å². The minimum absolute atomic E-state index is 0.241. The van der Waals surface area contributed by atoms with Crippen LogP contribution in [0.2, 0.25) is 0 Å². The summed E-state index contributed by atoms with van der Waals surface area (Å²) >= 11 is 0. The number of piperidine rings is 1. The monoisotopic (exact) mass is 329 g/mol. The zero-order chi connectivity index (χ0) is 17.0. The molecule has 2 heterocycles. The summed E-state index contributed by atoms with van der Waals surface area (Å²) in [5.41, 5.74) is 1.69. The summed E-state index contributed by atoms with van der Waals surface area (Å²) in [7, 11) is 0. The number of rotatable bonds is 5. The molecule has 0 bridgehead atoms. The fourth-order valence-electron chi connectivity index (χ4n) is 4.13. The summed E-state index contributed by atoms with van der Waals surface area (Å²) in [6.07, 6.45) is 4.09.